The van der Waals surface area contributed by atoms with Crippen molar-refractivity contribution in [2.45, 2.75) is 13.1 Å². The predicted molar refractivity (Wildman–Crippen MR) is 99.5 cm³/mol. The fourth-order valence-corrected chi connectivity index (χ4v) is 3.17. The van der Waals surface area contributed by atoms with Crippen LogP contribution in [0.3, 0.4) is 0 Å². The summed E-state index contributed by atoms with van der Waals surface area (Å²) in [5.41, 5.74) is 3.90. The van der Waals surface area contributed by atoms with Crippen molar-refractivity contribution in [2.75, 3.05) is 14.1 Å². The van der Waals surface area contributed by atoms with Crippen LogP contribution in [-0.4, -0.2) is 39.5 Å². The molecule has 0 fully saturated rings. The number of hydrogen-bond acceptors (Lipinski definition) is 4. The van der Waals surface area contributed by atoms with Gasteiger partial charge in [0, 0.05) is 16.1 Å². The topological polar surface area (TPSA) is 46.3 Å². The van der Waals surface area contributed by atoms with Gasteiger partial charge in [-0.1, -0.05) is 41.9 Å². The summed E-state index contributed by atoms with van der Waals surface area (Å²) in [6, 6.07) is 16.0. The molecule has 0 bridgehead atoms. The van der Waals surface area contributed by atoms with Gasteiger partial charge in [0.15, 0.2) is 11.6 Å². The predicted octanol–water partition coefficient (Wildman–Crippen LogP) is 3.33. The maximum atomic E-state index is 6.28. The van der Waals surface area contributed by atoms with Crippen molar-refractivity contribution < 1.29 is 0 Å². The van der Waals surface area contributed by atoms with Gasteiger partial charge in [-0.05, 0) is 32.3 Å². The minimum atomic E-state index is 0.483. The fourth-order valence-electron chi connectivity index (χ4n) is 3.00. The van der Waals surface area contributed by atoms with E-state index in [4.69, 9.17) is 21.7 Å². The minimum Gasteiger partial charge on any atom is -0.302 e. The van der Waals surface area contributed by atoms with E-state index in [1.807, 2.05) is 55.2 Å². The monoisotopic (exact) mass is 351 g/mol. The normalized spacial score (nSPS) is 13.2. The maximum Gasteiger partial charge on any atom is 0.165 e. The van der Waals surface area contributed by atoms with Crippen LogP contribution in [0.5, 0.6) is 0 Å². The molecule has 0 aliphatic carbocycles. The van der Waals surface area contributed by atoms with Crippen molar-refractivity contribution in [3.63, 3.8) is 0 Å². The summed E-state index contributed by atoms with van der Waals surface area (Å²) in [7, 11) is 4.01. The molecule has 25 heavy (non-hydrogen) atoms. The molecule has 1 aliphatic rings. The van der Waals surface area contributed by atoms with E-state index in [1.165, 1.54) is 0 Å². The summed E-state index contributed by atoms with van der Waals surface area (Å²) in [5, 5.41) is 5.38. The lowest BCUT2D eigenvalue weighted by Crippen LogP contribution is -2.13. The average Bonchev–Trinajstić information content (AvgIpc) is 2.91. The van der Waals surface area contributed by atoms with E-state index in [0.717, 1.165) is 34.2 Å². The van der Waals surface area contributed by atoms with Gasteiger partial charge in [0.1, 0.15) is 0 Å². The molecule has 2 heterocycles. The molecule has 0 saturated heterocycles. The Morgan fingerprint density at radius 1 is 1.12 bits per heavy atom. The third-order valence-corrected chi connectivity index (χ3v) is 4.28. The van der Waals surface area contributed by atoms with Gasteiger partial charge in [-0.25, -0.2) is 9.67 Å². The SMILES string of the molecule is CN(C)Cc1nc2n(n1)-c1ccc(Cl)cc1C(c1ccccc1)=NC2. The molecule has 3 aromatic rings. The molecule has 1 aromatic heterocycles. The third kappa shape index (κ3) is 3.08. The molecule has 0 saturated carbocycles. The van der Waals surface area contributed by atoms with E-state index in [-0.39, 0.29) is 0 Å². The fraction of sp³-hybridized carbons (Fsp3) is 0.211. The Bertz CT molecular complexity index is 944. The third-order valence-electron chi connectivity index (χ3n) is 4.04. The minimum absolute atomic E-state index is 0.483. The van der Waals surface area contributed by atoms with E-state index in [2.05, 4.69) is 22.0 Å². The van der Waals surface area contributed by atoms with Gasteiger partial charge in [-0.3, -0.25) is 4.99 Å². The van der Waals surface area contributed by atoms with Crippen LogP contribution in [0.1, 0.15) is 22.8 Å². The number of nitrogens with zero attached hydrogens (tertiary/aromatic N) is 5. The highest BCUT2D eigenvalue weighted by molar-refractivity contribution is 6.31. The first kappa shape index (κ1) is 16.0. The second kappa shape index (κ2) is 6.43. The number of aliphatic imine (C=N–C) groups is 1. The van der Waals surface area contributed by atoms with Crippen molar-refractivity contribution in [3.8, 4) is 5.69 Å². The molecule has 0 N–H and O–H groups in total. The van der Waals surface area contributed by atoms with E-state index >= 15 is 0 Å². The number of benzene rings is 2. The summed E-state index contributed by atoms with van der Waals surface area (Å²) < 4.78 is 1.89. The summed E-state index contributed by atoms with van der Waals surface area (Å²) in [6.07, 6.45) is 0. The molecule has 1 aliphatic heterocycles. The van der Waals surface area contributed by atoms with E-state index in [1.54, 1.807) is 0 Å². The highest BCUT2D eigenvalue weighted by atomic mass is 35.5. The van der Waals surface area contributed by atoms with E-state index in [9.17, 15) is 0 Å². The molecule has 0 spiro atoms. The number of fused-ring (bicyclic) bond motifs is 3. The lowest BCUT2D eigenvalue weighted by Gasteiger charge is -2.11. The van der Waals surface area contributed by atoms with Gasteiger partial charge in [0.25, 0.3) is 0 Å². The van der Waals surface area contributed by atoms with E-state index in [0.29, 0.717) is 18.1 Å². The van der Waals surface area contributed by atoms with Crippen LogP contribution >= 0.6 is 11.6 Å². The second-order valence-electron chi connectivity index (χ2n) is 6.29. The second-order valence-corrected chi connectivity index (χ2v) is 6.72. The molecule has 0 unspecified atom stereocenters. The highest BCUT2D eigenvalue weighted by Gasteiger charge is 2.22. The average molecular weight is 352 g/mol. The van der Waals surface area contributed by atoms with Gasteiger partial charge in [-0.15, -0.1) is 5.10 Å². The molecule has 0 atom stereocenters. The van der Waals surface area contributed by atoms with Crippen LogP contribution in [-0.2, 0) is 13.1 Å². The molecule has 0 amide bonds. The Balaban J connectivity index is 1.88. The zero-order valence-corrected chi connectivity index (χ0v) is 14.9. The maximum absolute atomic E-state index is 6.28. The first-order valence-corrected chi connectivity index (χ1v) is 8.49. The molecular formula is C19H18ClN5. The molecular weight excluding hydrogens is 334 g/mol. The Kier molecular flexibility index (Phi) is 4.11. The van der Waals surface area contributed by atoms with Gasteiger partial charge in [-0.2, -0.15) is 0 Å². The highest BCUT2D eigenvalue weighted by Crippen LogP contribution is 2.27. The Morgan fingerprint density at radius 2 is 1.92 bits per heavy atom. The summed E-state index contributed by atoms with van der Waals surface area (Å²) in [5.74, 6) is 1.63. The zero-order valence-electron chi connectivity index (χ0n) is 14.1. The molecule has 0 radical (unpaired) electrons. The van der Waals surface area contributed by atoms with Crippen LogP contribution in [0.4, 0.5) is 0 Å². The summed E-state index contributed by atoms with van der Waals surface area (Å²) in [4.78, 5) is 11.6. The molecule has 6 heteroatoms. The molecule has 126 valence electrons. The van der Waals surface area contributed by atoms with Crippen LogP contribution in [0, 0.1) is 0 Å². The van der Waals surface area contributed by atoms with Crippen LogP contribution < -0.4 is 0 Å². The van der Waals surface area contributed by atoms with Crippen LogP contribution in [0.2, 0.25) is 5.02 Å². The van der Waals surface area contributed by atoms with Crippen molar-refractivity contribution >= 4 is 17.3 Å². The molecule has 2 aromatic carbocycles. The van der Waals surface area contributed by atoms with Gasteiger partial charge in [0.05, 0.1) is 24.5 Å². The van der Waals surface area contributed by atoms with Crippen molar-refractivity contribution in [2.24, 2.45) is 4.99 Å². The van der Waals surface area contributed by atoms with Crippen molar-refractivity contribution in [1.82, 2.24) is 19.7 Å². The number of aromatic nitrogens is 3. The first-order chi connectivity index (χ1) is 12.1. The lowest BCUT2D eigenvalue weighted by atomic mass is 10.0. The summed E-state index contributed by atoms with van der Waals surface area (Å²) >= 11 is 6.28. The van der Waals surface area contributed by atoms with Gasteiger partial charge >= 0.3 is 0 Å². The molecule has 4 rings (SSSR count). The molecule has 5 nitrogen and oxygen atoms in total. The Labute approximate surface area is 151 Å². The number of rotatable bonds is 3. The number of halogens is 1. The zero-order chi connectivity index (χ0) is 17.4. The Hall–Kier alpha value is -2.50. The number of hydrogen-bond donors (Lipinski definition) is 0. The van der Waals surface area contributed by atoms with Crippen molar-refractivity contribution in [3.05, 3.63) is 76.3 Å². The summed E-state index contributed by atoms with van der Waals surface area (Å²) in [6.45, 7) is 1.18. The van der Waals surface area contributed by atoms with Gasteiger partial charge < -0.3 is 4.90 Å². The Morgan fingerprint density at radius 3 is 2.68 bits per heavy atom. The van der Waals surface area contributed by atoms with Crippen LogP contribution in [0.15, 0.2) is 53.5 Å². The lowest BCUT2D eigenvalue weighted by molar-refractivity contribution is 0.390. The van der Waals surface area contributed by atoms with Crippen LogP contribution in [0.25, 0.3) is 5.69 Å². The quantitative estimate of drug-likeness (QED) is 0.727. The smallest absolute Gasteiger partial charge is 0.165 e. The standard InChI is InChI=1S/C19H18ClN5/c1-24(2)12-17-22-18-11-21-19(13-6-4-3-5-7-13)15-10-14(20)8-9-16(15)25(18)23-17/h3-10H,11-12H2,1-2H3. The first-order valence-electron chi connectivity index (χ1n) is 8.11. The van der Waals surface area contributed by atoms with E-state index < -0.39 is 0 Å². The van der Waals surface area contributed by atoms with Crippen molar-refractivity contribution in [1.29, 1.82) is 0 Å². The largest absolute Gasteiger partial charge is 0.302 e. The van der Waals surface area contributed by atoms with Gasteiger partial charge in [0.2, 0.25) is 0 Å².